The van der Waals surface area contributed by atoms with Crippen LogP contribution in [0.25, 0.3) is 0 Å². The van der Waals surface area contributed by atoms with Crippen LogP contribution in [0.15, 0.2) is 11.1 Å². The number of rotatable bonds is 1. The predicted octanol–water partition coefficient (Wildman–Crippen LogP) is 1.26. The van der Waals surface area contributed by atoms with Crippen molar-refractivity contribution in [3.05, 3.63) is 11.1 Å². The Kier molecular flexibility index (Phi) is 3.18. The standard InChI is InChI=1S/C15H22O4/c1-7-10-4-3-9(6-16)11-5-12(17)8(2)13(11)14(10)19-15(7)18/h7-8,10,12-14,16-17H,3-6H2,1-2H3/t7-,8-,10+,12-,13+,14+/m1/s1. The molecule has 3 aliphatic rings. The Labute approximate surface area is 113 Å². The molecule has 0 aromatic carbocycles. The number of hydrogen-bond donors (Lipinski definition) is 2. The second-order valence-corrected chi connectivity index (χ2v) is 6.34. The van der Waals surface area contributed by atoms with Crippen molar-refractivity contribution >= 4 is 5.97 Å². The molecule has 6 atom stereocenters. The third kappa shape index (κ3) is 1.84. The van der Waals surface area contributed by atoms with E-state index in [1.807, 2.05) is 13.8 Å². The highest BCUT2D eigenvalue weighted by molar-refractivity contribution is 5.75. The summed E-state index contributed by atoms with van der Waals surface area (Å²) in [7, 11) is 0. The first kappa shape index (κ1) is 13.1. The van der Waals surface area contributed by atoms with E-state index in [2.05, 4.69) is 0 Å². The van der Waals surface area contributed by atoms with Crippen LogP contribution in [0.4, 0.5) is 0 Å². The van der Waals surface area contributed by atoms with Gasteiger partial charge in [0.05, 0.1) is 18.6 Å². The van der Waals surface area contributed by atoms with Crippen molar-refractivity contribution in [2.75, 3.05) is 6.61 Å². The topological polar surface area (TPSA) is 66.8 Å². The highest BCUT2D eigenvalue weighted by atomic mass is 16.6. The highest BCUT2D eigenvalue weighted by Gasteiger charge is 2.52. The van der Waals surface area contributed by atoms with Gasteiger partial charge >= 0.3 is 5.97 Å². The molecule has 1 saturated carbocycles. The summed E-state index contributed by atoms with van der Waals surface area (Å²) in [5.41, 5.74) is 2.21. The first-order valence-corrected chi connectivity index (χ1v) is 7.24. The molecule has 4 heteroatoms. The Morgan fingerprint density at radius 1 is 1.37 bits per heavy atom. The van der Waals surface area contributed by atoms with Gasteiger partial charge in [0.15, 0.2) is 0 Å². The fraction of sp³-hybridized carbons (Fsp3) is 0.800. The molecule has 1 heterocycles. The molecule has 2 N–H and O–H groups in total. The minimum absolute atomic E-state index is 0.0609. The molecular weight excluding hydrogens is 244 g/mol. The fourth-order valence-electron chi connectivity index (χ4n) is 4.21. The third-order valence-electron chi connectivity index (χ3n) is 5.47. The van der Waals surface area contributed by atoms with Crippen molar-refractivity contribution in [1.29, 1.82) is 0 Å². The van der Waals surface area contributed by atoms with Gasteiger partial charge in [-0.15, -0.1) is 0 Å². The molecule has 0 spiro atoms. The van der Waals surface area contributed by atoms with Crippen LogP contribution < -0.4 is 0 Å². The first-order valence-electron chi connectivity index (χ1n) is 7.24. The number of carbonyl (C=O) groups is 1. The Hall–Kier alpha value is -0.870. The van der Waals surface area contributed by atoms with Crippen molar-refractivity contribution in [2.45, 2.75) is 45.3 Å². The van der Waals surface area contributed by atoms with Gasteiger partial charge in [0, 0.05) is 11.8 Å². The normalized spacial score (nSPS) is 45.8. The van der Waals surface area contributed by atoms with Gasteiger partial charge in [-0.3, -0.25) is 4.79 Å². The van der Waals surface area contributed by atoms with Crippen molar-refractivity contribution in [2.24, 2.45) is 23.7 Å². The molecule has 1 saturated heterocycles. The highest BCUT2D eigenvalue weighted by Crippen LogP contribution is 2.50. The summed E-state index contributed by atoms with van der Waals surface area (Å²) in [6.07, 6.45) is 1.86. The molecule has 3 rings (SSSR count). The summed E-state index contributed by atoms with van der Waals surface area (Å²) >= 11 is 0. The maximum absolute atomic E-state index is 11.8. The number of ether oxygens (including phenoxy) is 1. The Morgan fingerprint density at radius 2 is 2.11 bits per heavy atom. The summed E-state index contributed by atoms with van der Waals surface area (Å²) in [5.74, 6) is 0.257. The van der Waals surface area contributed by atoms with Crippen LogP contribution in [0.2, 0.25) is 0 Å². The van der Waals surface area contributed by atoms with Crippen molar-refractivity contribution < 1.29 is 19.7 Å². The molecule has 2 fully saturated rings. The number of hydrogen-bond acceptors (Lipinski definition) is 4. The average molecular weight is 266 g/mol. The maximum atomic E-state index is 11.8. The van der Waals surface area contributed by atoms with Gasteiger partial charge in [-0.25, -0.2) is 0 Å². The summed E-state index contributed by atoms with van der Waals surface area (Å²) < 4.78 is 5.62. The summed E-state index contributed by atoms with van der Waals surface area (Å²) in [6.45, 7) is 4.02. The van der Waals surface area contributed by atoms with E-state index in [4.69, 9.17) is 4.74 Å². The third-order valence-corrected chi connectivity index (χ3v) is 5.47. The molecule has 2 aliphatic carbocycles. The zero-order valence-corrected chi connectivity index (χ0v) is 11.5. The van der Waals surface area contributed by atoms with Crippen LogP contribution in [0, 0.1) is 23.7 Å². The van der Waals surface area contributed by atoms with Crippen LogP contribution in [0.1, 0.15) is 33.1 Å². The van der Waals surface area contributed by atoms with E-state index in [1.54, 1.807) is 0 Å². The van der Waals surface area contributed by atoms with Gasteiger partial charge in [-0.05, 0) is 30.8 Å². The lowest BCUT2D eigenvalue weighted by Gasteiger charge is -2.27. The van der Waals surface area contributed by atoms with Crippen molar-refractivity contribution in [1.82, 2.24) is 0 Å². The van der Waals surface area contributed by atoms with Crippen molar-refractivity contribution in [3.63, 3.8) is 0 Å². The average Bonchev–Trinajstić information content (AvgIpc) is 2.76. The van der Waals surface area contributed by atoms with Gasteiger partial charge in [-0.1, -0.05) is 19.4 Å². The number of aliphatic hydroxyl groups is 2. The smallest absolute Gasteiger partial charge is 0.309 e. The van der Waals surface area contributed by atoms with E-state index in [1.165, 1.54) is 0 Å². The number of carbonyl (C=O) groups excluding carboxylic acids is 1. The van der Waals surface area contributed by atoms with Crippen LogP contribution in [0.3, 0.4) is 0 Å². The van der Waals surface area contributed by atoms with Crippen LogP contribution in [-0.4, -0.2) is 35.0 Å². The largest absolute Gasteiger partial charge is 0.461 e. The molecule has 4 nitrogen and oxygen atoms in total. The molecule has 0 unspecified atom stereocenters. The summed E-state index contributed by atoms with van der Waals surface area (Å²) in [4.78, 5) is 11.8. The minimum Gasteiger partial charge on any atom is -0.461 e. The Morgan fingerprint density at radius 3 is 2.79 bits per heavy atom. The van der Waals surface area contributed by atoms with Gasteiger partial charge in [0.2, 0.25) is 0 Å². The van der Waals surface area contributed by atoms with Gasteiger partial charge in [0.25, 0.3) is 0 Å². The zero-order valence-electron chi connectivity index (χ0n) is 11.5. The van der Waals surface area contributed by atoms with Gasteiger partial charge in [0.1, 0.15) is 6.10 Å². The molecule has 0 bridgehead atoms. The zero-order chi connectivity index (χ0) is 13.7. The summed E-state index contributed by atoms with van der Waals surface area (Å²) in [5, 5.41) is 19.7. The monoisotopic (exact) mass is 266 g/mol. The van der Waals surface area contributed by atoms with Crippen LogP contribution in [0.5, 0.6) is 0 Å². The molecule has 106 valence electrons. The van der Waals surface area contributed by atoms with E-state index >= 15 is 0 Å². The fourth-order valence-corrected chi connectivity index (χ4v) is 4.21. The lowest BCUT2D eigenvalue weighted by atomic mass is 9.79. The van der Waals surface area contributed by atoms with Gasteiger partial charge in [-0.2, -0.15) is 0 Å². The summed E-state index contributed by atoms with van der Waals surface area (Å²) in [6, 6.07) is 0. The maximum Gasteiger partial charge on any atom is 0.309 e. The number of fused-ring (bicyclic) bond motifs is 3. The second kappa shape index (κ2) is 4.60. The number of esters is 1. The molecule has 0 radical (unpaired) electrons. The quantitative estimate of drug-likeness (QED) is 0.554. The molecule has 0 aromatic heterocycles. The second-order valence-electron chi connectivity index (χ2n) is 6.34. The van der Waals surface area contributed by atoms with Crippen molar-refractivity contribution in [3.8, 4) is 0 Å². The minimum atomic E-state index is -0.380. The SMILES string of the molecule is C[C@H]1[C@H]2C(=C(CO)CC[C@@H]3[C@@H]2OC(=O)[C@@H]3C)C[C@H]1O. The van der Waals surface area contributed by atoms with Gasteiger partial charge < -0.3 is 14.9 Å². The molecular formula is C15H22O4. The molecule has 19 heavy (non-hydrogen) atoms. The van der Waals surface area contributed by atoms with Crippen LogP contribution >= 0.6 is 0 Å². The molecule has 0 amide bonds. The van der Waals surface area contributed by atoms with Crippen LogP contribution in [-0.2, 0) is 9.53 Å². The Bertz CT molecular complexity index is 428. The lowest BCUT2D eigenvalue weighted by Crippen LogP contribution is -2.31. The Balaban J connectivity index is 2.01. The lowest BCUT2D eigenvalue weighted by molar-refractivity contribution is -0.145. The van der Waals surface area contributed by atoms with E-state index < -0.39 is 0 Å². The van der Waals surface area contributed by atoms with E-state index in [0.717, 1.165) is 24.0 Å². The number of aliphatic hydroxyl groups excluding tert-OH is 2. The van der Waals surface area contributed by atoms with E-state index in [9.17, 15) is 15.0 Å². The predicted molar refractivity (Wildman–Crippen MR) is 69.2 cm³/mol. The van der Waals surface area contributed by atoms with E-state index in [-0.39, 0.29) is 48.5 Å². The molecule has 1 aliphatic heterocycles. The van der Waals surface area contributed by atoms with E-state index in [0.29, 0.717) is 6.42 Å². The first-order chi connectivity index (χ1) is 9.04. The molecule has 0 aromatic rings.